The molecule has 0 aliphatic heterocycles. The van der Waals surface area contributed by atoms with Crippen LogP contribution in [0.15, 0.2) is 104 Å². The van der Waals surface area contributed by atoms with Crippen molar-refractivity contribution in [1.29, 1.82) is 0 Å². The molecule has 0 radical (unpaired) electrons. The van der Waals surface area contributed by atoms with E-state index in [-0.39, 0.29) is 18.5 Å². The third kappa shape index (κ3) is 3.76. The predicted molar refractivity (Wildman–Crippen MR) is 127 cm³/mol. The van der Waals surface area contributed by atoms with Gasteiger partial charge in [0.1, 0.15) is 5.54 Å². The predicted octanol–water partition coefficient (Wildman–Crippen LogP) is 4.65. The van der Waals surface area contributed by atoms with Gasteiger partial charge in [0.2, 0.25) is 0 Å². The second kappa shape index (κ2) is 9.11. The van der Waals surface area contributed by atoms with E-state index >= 15 is 0 Å². The molecule has 33 heavy (non-hydrogen) atoms. The second-order valence-corrected chi connectivity index (χ2v) is 10.1. The summed E-state index contributed by atoms with van der Waals surface area (Å²) in [6.45, 7) is 3.45. The summed E-state index contributed by atoms with van der Waals surface area (Å²) < 4.78 is 14.4. The van der Waals surface area contributed by atoms with Gasteiger partial charge in [-0.05, 0) is 29.5 Å². The van der Waals surface area contributed by atoms with Gasteiger partial charge in [-0.2, -0.15) is 0 Å². The van der Waals surface area contributed by atoms with Crippen molar-refractivity contribution in [3.05, 3.63) is 126 Å². The molecule has 0 spiro atoms. The molecule has 0 aliphatic carbocycles. The molecule has 0 aliphatic rings. The highest BCUT2D eigenvalue weighted by Gasteiger charge is 2.41. The Morgan fingerprint density at radius 2 is 1.15 bits per heavy atom. The molecule has 170 valence electrons. The first-order valence-corrected chi connectivity index (χ1v) is 12.7. The van der Waals surface area contributed by atoms with E-state index < -0.39 is 18.3 Å². The van der Waals surface area contributed by atoms with Crippen molar-refractivity contribution in [1.82, 2.24) is 9.55 Å². The van der Waals surface area contributed by atoms with Crippen molar-refractivity contribution in [2.75, 3.05) is 0 Å². The molecule has 0 amide bonds. The number of aromatic nitrogens is 2. The van der Waals surface area contributed by atoms with Crippen LogP contribution in [-0.4, -0.2) is 9.55 Å². The number of hydrogen-bond acceptors (Lipinski definition) is 4. The molecule has 0 bridgehead atoms. The highest BCUT2D eigenvalue weighted by atomic mass is 31.2. The molecule has 5 nitrogen and oxygen atoms in total. The summed E-state index contributed by atoms with van der Waals surface area (Å²) in [4.78, 5) is 29.3. The Hall–Kier alpha value is -2.98. The Labute approximate surface area is 194 Å². The van der Waals surface area contributed by atoms with Gasteiger partial charge in [0, 0.05) is 11.4 Å². The van der Waals surface area contributed by atoms with Gasteiger partial charge in [-0.1, -0.05) is 112 Å². The van der Waals surface area contributed by atoms with Crippen LogP contribution in [0.3, 0.4) is 0 Å². The zero-order valence-electron chi connectivity index (χ0n) is 18.8. The van der Waals surface area contributed by atoms with E-state index in [0.717, 1.165) is 16.7 Å². The van der Waals surface area contributed by atoms with Gasteiger partial charge < -0.3 is 18.9 Å². The number of nitrogens with zero attached hydrogens (tertiary/aromatic N) is 2. The third-order valence-corrected chi connectivity index (χ3v) is 8.63. The molecular weight excluding hydrogens is 431 g/mol. The van der Waals surface area contributed by atoms with E-state index in [0.29, 0.717) is 0 Å². The summed E-state index contributed by atoms with van der Waals surface area (Å²) in [5.74, 6) is 0. The van der Waals surface area contributed by atoms with Crippen LogP contribution < -0.4 is 9.79 Å². The van der Waals surface area contributed by atoms with Crippen LogP contribution in [0.4, 0.5) is 0 Å². The van der Waals surface area contributed by atoms with Crippen molar-refractivity contribution < 1.29 is 14.4 Å². The van der Waals surface area contributed by atoms with Crippen LogP contribution in [0.25, 0.3) is 0 Å². The maximum absolute atomic E-state index is 12.4. The van der Waals surface area contributed by atoms with Crippen LogP contribution in [0.5, 0.6) is 0 Å². The normalized spacial score (nSPS) is 12.6. The highest BCUT2D eigenvalue weighted by Crippen LogP contribution is 2.55. The van der Waals surface area contributed by atoms with Crippen molar-refractivity contribution in [2.45, 2.75) is 37.4 Å². The highest BCUT2D eigenvalue weighted by molar-refractivity contribution is 7.50. The van der Waals surface area contributed by atoms with Gasteiger partial charge in [0.25, 0.3) is 0 Å². The van der Waals surface area contributed by atoms with Crippen molar-refractivity contribution >= 4 is 7.60 Å². The van der Waals surface area contributed by atoms with Crippen LogP contribution in [0.1, 0.15) is 49.1 Å². The van der Waals surface area contributed by atoms with E-state index in [1.54, 1.807) is 26.4 Å². The molecule has 0 fully saturated rings. The summed E-state index contributed by atoms with van der Waals surface area (Å²) >= 11 is 0. The minimum atomic E-state index is -4.96. The van der Waals surface area contributed by atoms with Gasteiger partial charge in [-0.3, -0.25) is 0 Å². The molecule has 4 aromatic rings. The first-order valence-electron chi connectivity index (χ1n) is 11.1. The molecule has 0 saturated heterocycles. The van der Waals surface area contributed by atoms with Crippen molar-refractivity contribution in [3.63, 3.8) is 0 Å². The average molecular weight is 458 g/mol. The molecule has 6 heteroatoms. The fraction of sp³-hybridized carbons (Fsp3) is 0.222. The van der Waals surface area contributed by atoms with Gasteiger partial charge >= 0.3 is 0 Å². The lowest BCUT2D eigenvalue weighted by Crippen LogP contribution is -2.38. The van der Waals surface area contributed by atoms with Gasteiger partial charge in [-0.15, -0.1) is 0 Å². The lowest BCUT2D eigenvalue weighted by Gasteiger charge is -2.48. The lowest BCUT2D eigenvalue weighted by molar-refractivity contribution is -0.322. The molecule has 4 rings (SSSR count). The van der Waals surface area contributed by atoms with Gasteiger partial charge in [0.15, 0.2) is 0 Å². The Balaban J connectivity index is 2.07. The maximum atomic E-state index is 12.4. The van der Waals surface area contributed by atoms with Gasteiger partial charge in [-0.25, -0.2) is 4.98 Å². The monoisotopic (exact) mass is 458 g/mol. The molecule has 0 unspecified atom stereocenters. The van der Waals surface area contributed by atoms with Crippen molar-refractivity contribution in [2.24, 2.45) is 0 Å². The van der Waals surface area contributed by atoms with E-state index in [4.69, 9.17) is 0 Å². The van der Waals surface area contributed by atoms with Crippen LogP contribution in [0, 0.1) is 0 Å². The summed E-state index contributed by atoms with van der Waals surface area (Å²) in [5, 5.41) is -1.55. The fourth-order valence-corrected chi connectivity index (χ4v) is 6.04. The Bertz CT molecular complexity index is 1130. The van der Waals surface area contributed by atoms with E-state index in [1.165, 1.54) is 0 Å². The Morgan fingerprint density at radius 1 is 0.758 bits per heavy atom. The molecular formula is C27H27N2O3P-2. The Kier molecular flexibility index (Phi) is 6.40. The quantitative estimate of drug-likeness (QED) is 0.284. The Morgan fingerprint density at radius 3 is 1.48 bits per heavy atom. The zero-order chi connectivity index (χ0) is 23.5. The third-order valence-electron chi connectivity index (χ3n) is 6.72. The number of hydrogen-bond donors (Lipinski definition) is 0. The smallest absolute Gasteiger partial charge is 0.121 e. The van der Waals surface area contributed by atoms with E-state index in [1.807, 2.05) is 59.2 Å². The lowest BCUT2D eigenvalue weighted by atomic mass is 9.76. The van der Waals surface area contributed by atoms with Crippen LogP contribution >= 0.6 is 7.60 Å². The SMILES string of the molecule is CCC(CC)(c1cn(C(c2ccccc2)(c2ccccc2)c2ccccc2)cn1)P(=O)([O-])[O-]. The minimum Gasteiger partial charge on any atom is -0.810 e. The summed E-state index contributed by atoms with van der Waals surface area (Å²) in [7, 11) is -4.96. The summed E-state index contributed by atoms with van der Waals surface area (Å²) in [5.41, 5.74) is 2.47. The standard InChI is InChI=1S/C27H29N2O3P/c1-3-26(4-2,33(30,31)32)25-20-29(21-28-25)27(22-14-8-5-9-15-22,23-16-10-6-11-17-23)24-18-12-7-13-19-24/h5-21H,3-4H2,1-2H3,(H2,30,31,32)/p-2. The van der Waals surface area contributed by atoms with Gasteiger partial charge in [0.05, 0.1) is 12.0 Å². The molecule has 0 saturated carbocycles. The molecule has 1 heterocycles. The first-order chi connectivity index (χ1) is 15.9. The zero-order valence-corrected chi connectivity index (χ0v) is 19.7. The molecule has 0 atom stereocenters. The molecule has 0 N–H and O–H groups in total. The van der Waals surface area contributed by atoms with Crippen LogP contribution in [0.2, 0.25) is 0 Å². The minimum absolute atomic E-state index is 0.166. The number of benzene rings is 3. The van der Waals surface area contributed by atoms with Crippen LogP contribution in [-0.2, 0) is 15.3 Å². The fourth-order valence-electron chi connectivity index (χ4n) is 4.87. The second-order valence-electron chi connectivity index (χ2n) is 8.21. The van der Waals surface area contributed by atoms with E-state index in [2.05, 4.69) is 41.4 Å². The molecule has 1 aromatic heterocycles. The topological polar surface area (TPSA) is 81.0 Å². The molecule has 3 aromatic carbocycles. The summed E-state index contributed by atoms with van der Waals surface area (Å²) in [6, 6.07) is 30.1. The number of rotatable bonds is 8. The first kappa shape index (κ1) is 23.2. The number of imidazole rings is 1. The largest absolute Gasteiger partial charge is 0.810 e. The van der Waals surface area contributed by atoms with Crippen molar-refractivity contribution in [3.8, 4) is 0 Å². The summed E-state index contributed by atoms with van der Waals surface area (Å²) in [6.07, 6.45) is 3.72. The maximum Gasteiger partial charge on any atom is 0.121 e. The average Bonchev–Trinajstić information content (AvgIpc) is 3.33. The van der Waals surface area contributed by atoms with E-state index in [9.17, 15) is 14.4 Å².